The van der Waals surface area contributed by atoms with E-state index < -0.39 is 35.6 Å². The van der Waals surface area contributed by atoms with Crippen LogP contribution < -0.4 is 15.8 Å². The number of rotatable bonds is 9. The van der Waals surface area contributed by atoms with Crippen LogP contribution in [-0.2, 0) is 33.6 Å². The number of carbonyl (C=O) groups excluding carboxylic acids is 3. The Morgan fingerprint density at radius 2 is 1.75 bits per heavy atom. The van der Waals surface area contributed by atoms with Crippen LogP contribution in [0.4, 0.5) is 5.69 Å². The van der Waals surface area contributed by atoms with Gasteiger partial charge in [0.1, 0.15) is 11.1 Å². The van der Waals surface area contributed by atoms with Gasteiger partial charge in [-0.15, -0.1) is 0 Å². The maximum absolute atomic E-state index is 13.3. The molecule has 1 aromatic heterocycles. The molecule has 2 bridgehead atoms. The number of anilines is 1. The van der Waals surface area contributed by atoms with Crippen molar-refractivity contribution in [2.24, 2.45) is 23.7 Å². The van der Waals surface area contributed by atoms with E-state index in [1.165, 1.54) is 0 Å². The molecule has 8 atom stereocenters. The molecule has 6 heterocycles. The zero-order valence-corrected chi connectivity index (χ0v) is 30.3. The van der Waals surface area contributed by atoms with Crippen molar-refractivity contribution >= 4 is 34.4 Å². The Kier molecular flexibility index (Phi) is 9.94. The standard InChI is InChI=1S/C38H51N3O10/c1-6-40(7-2)26-10-9-24-20-27(34(45)46-30(24)21-26)33(44)41-18-15-25(16-19-41)39-31(42)12-13-32(43)47-35-23(4)29-11-8-22(3)28-14-17-37(5)49-36(48-35)38(28,29)51-50-37/h9-10,20-23,25,28-29,35-36H,6-8,11-19H2,1-5H3,(H,39,42)/t22-,23-,28?,29+,35-,36-,37?,38?/m1/s1. The van der Waals surface area contributed by atoms with Crippen molar-refractivity contribution in [2.45, 2.75) is 116 Å². The number of hydrogen-bond donors (Lipinski definition) is 1. The van der Waals surface area contributed by atoms with Crippen LogP contribution in [0.15, 0.2) is 33.5 Å². The molecule has 13 heteroatoms. The number of likely N-dealkylation sites (tertiary alicyclic amines) is 1. The fraction of sp³-hybridized carbons (Fsp3) is 0.684. The van der Waals surface area contributed by atoms with E-state index in [4.69, 9.17) is 28.4 Å². The average Bonchev–Trinajstić information content (AvgIpc) is 3.35. The average molecular weight is 710 g/mol. The molecule has 3 unspecified atom stereocenters. The van der Waals surface area contributed by atoms with Crippen LogP contribution in [0, 0.1) is 23.7 Å². The van der Waals surface area contributed by atoms with Crippen molar-refractivity contribution in [2.75, 3.05) is 31.1 Å². The van der Waals surface area contributed by atoms with Gasteiger partial charge >= 0.3 is 11.6 Å². The number of amides is 2. The first kappa shape index (κ1) is 35.9. The first-order valence-corrected chi connectivity index (χ1v) is 18.8. The smallest absolute Gasteiger partial charge is 0.349 e. The van der Waals surface area contributed by atoms with Crippen LogP contribution in [0.5, 0.6) is 0 Å². The molecule has 2 aromatic rings. The van der Waals surface area contributed by atoms with Gasteiger partial charge in [0.2, 0.25) is 18.0 Å². The maximum atomic E-state index is 13.3. The molecule has 278 valence electrons. The predicted molar refractivity (Wildman–Crippen MR) is 185 cm³/mol. The normalized spacial score (nSPS) is 33.3. The van der Waals surface area contributed by atoms with Gasteiger partial charge in [-0.3, -0.25) is 14.4 Å². The minimum absolute atomic E-state index is 0.00319. The highest BCUT2D eigenvalue weighted by atomic mass is 17.3. The summed E-state index contributed by atoms with van der Waals surface area (Å²) >= 11 is 0. The zero-order chi connectivity index (χ0) is 36.1. The highest BCUT2D eigenvalue weighted by Crippen LogP contribution is 2.60. The van der Waals surface area contributed by atoms with Gasteiger partial charge in [0.15, 0.2) is 11.9 Å². The van der Waals surface area contributed by atoms with Crippen molar-refractivity contribution in [3.05, 3.63) is 40.2 Å². The summed E-state index contributed by atoms with van der Waals surface area (Å²) in [7, 11) is 0. The third kappa shape index (κ3) is 6.66. The largest absolute Gasteiger partial charge is 0.435 e. The van der Waals surface area contributed by atoms with E-state index in [1.807, 2.05) is 32.0 Å². The second kappa shape index (κ2) is 14.1. The van der Waals surface area contributed by atoms with Gasteiger partial charge in [-0.1, -0.05) is 13.8 Å². The fourth-order valence-corrected chi connectivity index (χ4v) is 9.14. The summed E-state index contributed by atoms with van der Waals surface area (Å²) in [4.78, 5) is 67.8. The molecule has 5 aliphatic heterocycles. The molecule has 1 N–H and O–H groups in total. The number of carbonyl (C=O) groups is 3. The minimum Gasteiger partial charge on any atom is -0.435 e. The van der Waals surface area contributed by atoms with Crippen LogP contribution in [0.3, 0.4) is 0 Å². The minimum atomic E-state index is -0.921. The highest BCUT2D eigenvalue weighted by Gasteiger charge is 2.69. The molecular weight excluding hydrogens is 658 g/mol. The first-order valence-electron chi connectivity index (χ1n) is 18.8. The molecule has 1 aromatic carbocycles. The van der Waals surface area contributed by atoms with E-state index in [9.17, 15) is 19.2 Å². The quantitative estimate of drug-likeness (QED) is 0.216. The Hall–Kier alpha value is -3.52. The number of piperidine rings is 1. The molecule has 8 rings (SSSR count). The highest BCUT2D eigenvalue weighted by molar-refractivity contribution is 5.97. The van der Waals surface area contributed by atoms with E-state index in [0.29, 0.717) is 49.2 Å². The number of nitrogens with one attached hydrogen (secondary N) is 1. The van der Waals surface area contributed by atoms with E-state index in [2.05, 4.69) is 31.0 Å². The van der Waals surface area contributed by atoms with Crippen molar-refractivity contribution in [3.8, 4) is 0 Å². The van der Waals surface area contributed by atoms with Crippen LogP contribution >= 0.6 is 0 Å². The SMILES string of the molecule is CCN(CC)c1ccc2cc(C(=O)N3CCC(NC(=O)CCC(=O)O[C@@H]4O[C@@H]5OC6(C)CCC7[C@H](C)CC[C@@H]([C@H]4C)C75OO6)CC3)c(=O)oc2c1. The van der Waals surface area contributed by atoms with Crippen molar-refractivity contribution in [1.82, 2.24) is 10.2 Å². The van der Waals surface area contributed by atoms with E-state index >= 15 is 0 Å². The summed E-state index contributed by atoms with van der Waals surface area (Å²) in [5.74, 6) is -1.57. The van der Waals surface area contributed by atoms with Gasteiger partial charge in [0.05, 0.1) is 6.42 Å². The molecular formula is C38H51N3O10. The first-order chi connectivity index (χ1) is 24.4. The van der Waals surface area contributed by atoms with Crippen molar-refractivity contribution in [3.63, 3.8) is 0 Å². The number of benzene rings is 1. The lowest BCUT2D eigenvalue weighted by atomic mass is 9.58. The third-order valence-corrected chi connectivity index (χ3v) is 12.1. The molecule has 0 radical (unpaired) electrons. The molecule has 6 aliphatic rings. The van der Waals surface area contributed by atoms with Gasteiger partial charge in [-0.2, -0.15) is 0 Å². The lowest BCUT2D eigenvalue weighted by Gasteiger charge is -2.59. The number of esters is 1. The maximum Gasteiger partial charge on any atom is 0.349 e. The number of hydrogen-bond acceptors (Lipinski definition) is 11. The molecule has 13 nitrogen and oxygen atoms in total. The summed E-state index contributed by atoms with van der Waals surface area (Å²) in [5, 5.41) is 3.68. The molecule has 51 heavy (non-hydrogen) atoms. The summed E-state index contributed by atoms with van der Waals surface area (Å²) in [6.07, 6.45) is 2.92. The molecule has 6 fully saturated rings. The van der Waals surface area contributed by atoms with Gasteiger partial charge in [0.25, 0.3) is 5.91 Å². The lowest BCUT2D eigenvalue weighted by Crippen LogP contribution is -2.70. The Labute approximate surface area is 298 Å². The molecule has 1 spiro atoms. The van der Waals surface area contributed by atoms with Crippen LogP contribution in [0.2, 0.25) is 0 Å². The summed E-state index contributed by atoms with van der Waals surface area (Å²) < 4.78 is 24.1. The molecule has 5 saturated heterocycles. The predicted octanol–water partition coefficient (Wildman–Crippen LogP) is 4.89. The number of ether oxygens (including phenoxy) is 3. The Bertz CT molecular complexity index is 1700. The molecule has 2 amide bonds. The Morgan fingerprint density at radius 1 is 0.980 bits per heavy atom. The van der Waals surface area contributed by atoms with Gasteiger partial charge in [0, 0.05) is 74.0 Å². The number of fused-ring (bicyclic) bond motifs is 3. The van der Waals surface area contributed by atoms with E-state index in [1.54, 1.807) is 11.0 Å². The Morgan fingerprint density at radius 3 is 2.49 bits per heavy atom. The van der Waals surface area contributed by atoms with E-state index in [-0.39, 0.29) is 54.0 Å². The monoisotopic (exact) mass is 709 g/mol. The number of nitrogens with zero attached hydrogens (tertiary/aromatic N) is 2. The van der Waals surface area contributed by atoms with Crippen molar-refractivity contribution < 1.29 is 42.8 Å². The van der Waals surface area contributed by atoms with Crippen LogP contribution in [0.25, 0.3) is 11.0 Å². The topological polar surface area (TPSA) is 146 Å². The van der Waals surface area contributed by atoms with Gasteiger partial charge < -0.3 is 33.7 Å². The second-order valence-electron chi connectivity index (χ2n) is 15.2. The summed E-state index contributed by atoms with van der Waals surface area (Å²) in [5.41, 5.74) is -0.0145. The molecule has 1 aliphatic carbocycles. The second-order valence-corrected chi connectivity index (χ2v) is 15.2. The Balaban J connectivity index is 0.889. The fourth-order valence-electron chi connectivity index (χ4n) is 9.14. The third-order valence-electron chi connectivity index (χ3n) is 12.1. The van der Waals surface area contributed by atoms with Gasteiger partial charge in [-0.25, -0.2) is 14.6 Å². The van der Waals surface area contributed by atoms with Crippen molar-refractivity contribution in [1.29, 1.82) is 0 Å². The summed E-state index contributed by atoms with van der Waals surface area (Å²) in [6, 6.07) is 7.10. The van der Waals surface area contributed by atoms with Gasteiger partial charge in [-0.05, 0) is 82.9 Å². The lowest BCUT2D eigenvalue weighted by molar-refractivity contribution is -0.576. The zero-order valence-electron chi connectivity index (χ0n) is 30.3. The summed E-state index contributed by atoms with van der Waals surface area (Å²) in [6.45, 7) is 12.6. The molecule has 1 saturated carbocycles. The van der Waals surface area contributed by atoms with Crippen LogP contribution in [0.1, 0.15) is 96.3 Å². The van der Waals surface area contributed by atoms with Crippen LogP contribution in [-0.4, -0.2) is 78.9 Å². The van der Waals surface area contributed by atoms with E-state index in [0.717, 1.165) is 38.0 Å².